The molecule has 0 saturated carbocycles. The molecule has 0 aromatic carbocycles. The number of rotatable bonds is 19. The van der Waals surface area contributed by atoms with Crippen LogP contribution in [-0.2, 0) is 4.74 Å². The summed E-state index contributed by atoms with van der Waals surface area (Å²) in [6, 6.07) is 0. The second kappa shape index (κ2) is 19.7. The second-order valence-corrected chi connectivity index (χ2v) is 7.11. The van der Waals surface area contributed by atoms with Gasteiger partial charge in [-0.05, 0) is 13.3 Å². The highest BCUT2D eigenvalue weighted by molar-refractivity contribution is 4.74. The Morgan fingerprint density at radius 2 is 1.00 bits per heavy atom. The molecular weight excluding hydrogens is 280 g/mol. The molecule has 0 aromatic rings. The lowest BCUT2D eigenvalue weighted by Crippen LogP contribution is -2.04. The van der Waals surface area contributed by atoms with E-state index in [-0.39, 0.29) is 6.10 Å². The van der Waals surface area contributed by atoms with Gasteiger partial charge in [0.05, 0.1) is 6.10 Å². The van der Waals surface area contributed by atoms with Crippen LogP contribution in [-0.4, -0.2) is 12.7 Å². The fraction of sp³-hybridized carbons (Fsp3) is 0.909. The first-order valence-electron chi connectivity index (χ1n) is 10.6. The zero-order valence-corrected chi connectivity index (χ0v) is 16.3. The molecular formula is C22H44O. The van der Waals surface area contributed by atoms with Crippen LogP contribution in [0.5, 0.6) is 0 Å². The summed E-state index contributed by atoms with van der Waals surface area (Å²) in [6.45, 7) is 8.97. The maximum absolute atomic E-state index is 5.59. The molecule has 0 aliphatic heterocycles. The van der Waals surface area contributed by atoms with E-state index in [0.29, 0.717) is 0 Å². The van der Waals surface area contributed by atoms with Gasteiger partial charge in [0.2, 0.25) is 0 Å². The lowest BCUT2D eigenvalue weighted by molar-refractivity contribution is 0.0941. The van der Waals surface area contributed by atoms with Gasteiger partial charge in [-0.25, -0.2) is 0 Å². The van der Waals surface area contributed by atoms with Gasteiger partial charge in [-0.3, -0.25) is 0 Å². The zero-order chi connectivity index (χ0) is 17.0. The van der Waals surface area contributed by atoms with E-state index < -0.39 is 0 Å². The van der Waals surface area contributed by atoms with Gasteiger partial charge in [0.1, 0.15) is 0 Å². The highest BCUT2D eigenvalue weighted by atomic mass is 16.5. The van der Waals surface area contributed by atoms with E-state index >= 15 is 0 Å². The molecule has 0 heterocycles. The average molecular weight is 325 g/mol. The fourth-order valence-corrected chi connectivity index (χ4v) is 2.99. The lowest BCUT2D eigenvalue weighted by Gasteiger charge is -2.07. The Morgan fingerprint density at radius 1 is 0.652 bits per heavy atom. The minimum absolute atomic E-state index is 0.214. The van der Waals surface area contributed by atoms with E-state index in [0.717, 1.165) is 6.61 Å². The van der Waals surface area contributed by atoms with E-state index in [1.165, 1.54) is 103 Å². The molecule has 0 spiro atoms. The van der Waals surface area contributed by atoms with E-state index in [2.05, 4.69) is 20.4 Å². The first-order valence-corrected chi connectivity index (χ1v) is 10.6. The quantitative estimate of drug-likeness (QED) is 0.174. The summed E-state index contributed by atoms with van der Waals surface area (Å²) in [7, 11) is 0. The van der Waals surface area contributed by atoms with Gasteiger partial charge in [0, 0.05) is 6.61 Å². The van der Waals surface area contributed by atoms with Gasteiger partial charge in [0.15, 0.2) is 0 Å². The molecule has 0 bridgehead atoms. The third-order valence-corrected chi connectivity index (χ3v) is 4.71. The molecule has 0 N–H and O–H groups in total. The van der Waals surface area contributed by atoms with Crippen LogP contribution in [0.2, 0.25) is 0 Å². The molecule has 0 fully saturated rings. The van der Waals surface area contributed by atoms with Crippen molar-refractivity contribution in [2.24, 2.45) is 0 Å². The highest BCUT2D eigenvalue weighted by Crippen LogP contribution is 2.13. The predicted molar refractivity (Wildman–Crippen MR) is 105 cm³/mol. The molecule has 0 aromatic heterocycles. The van der Waals surface area contributed by atoms with Gasteiger partial charge in [-0.15, -0.1) is 6.58 Å². The molecule has 23 heavy (non-hydrogen) atoms. The maximum atomic E-state index is 5.59. The van der Waals surface area contributed by atoms with Crippen molar-refractivity contribution in [2.75, 3.05) is 6.61 Å². The smallest absolute Gasteiger partial charge is 0.0725 e. The van der Waals surface area contributed by atoms with Crippen molar-refractivity contribution in [2.45, 2.75) is 123 Å². The molecule has 0 amide bonds. The van der Waals surface area contributed by atoms with Gasteiger partial charge in [0.25, 0.3) is 0 Å². The van der Waals surface area contributed by atoms with E-state index in [9.17, 15) is 0 Å². The van der Waals surface area contributed by atoms with Crippen LogP contribution in [0, 0.1) is 0 Å². The van der Waals surface area contributed by atoms with E-state index in [1.54, 1.807) is 0 Å². The number of unbranched alkanes of at least 4 members (excludes halogenated alkanes) is 15. The van der Waals surface area contributed by atoms with E-state index in [1.807, 2.05) is 6.08 Å². The molecule has 0 saturated heterocycles. The average Bonchev–Trinajstić information content (AvgIpc) is 2.57. The Bertz CT molecular complexity index is 224. The van der Waals surface area contributed by atoms with Crippen molar-refractivity contribution >= 4 is 0 Å². The molecule has 1 unspecified atom stereocenters. The summed E-state index contributed by atoms with van der Waals surface area (Å²) in [6.07, 6.45) is 24.8. The minimum atomic E-state index is 0.214. The van der Waals surface area contributed by atoms with Crippen molar-refractivity contribution < 1.29 is 4.74 Å². The first kappa shape index (κ1) is 22.7. The van der Waals surface area contributed by atoms with Crippen molar-refractivity contribution in [3.8, 4) is 0 Å². The van der Waals surface area contributed by atoms with Crippen molar-refractivity contribution in [3.05, 3.63) is 12.7 Å². The van der Waals surface area contributed by atoms with Crippen molar-refractivity contribution in [3.63, 3.8) is 0 Å². The summed E-state index contributed by atoms with van der Waals surface area (Å²) in [4.78, 5) is 0. The monoisotopic (exact) mass is 324 g/mol. The van der Waals surface area contributed by atoms with Crippen LogP contribution >= 0.6 is 0 Å². The van der Waals surface area contributed by atoms with Crippen LogP contribution in [0.1, 0.15) is 117 Å². The third-order valence-electron chi connectivity index (χ3n) is 4.71. The Kier molecular flexibility index (Phi) is 19.5. The minimum Gasteiger partial charge on any atom is -0.374 e. The Labute approximate surface area is 147 Å². The highest BCUT2D eigenvalue weighted by Gasteiger charge is 1.96. The van der Waals surface area contributed by atoms with Crippen molar-refractivity contribution in [1.29, 1.82) is 0 Å². The number of hydrogen-bond acceptors (Lipinski definition) is 1. The largest absolute Gasteiger partial charge is 0.374 e. The molecule has 1 atom stereocenters. The summed E-state index contributed by atoms with van der Waals surface area (Å²) in [5, 5.41) is 0. The first-order chi connectivity index (χ1) is 11.3. The summed E-state index contributed by atoms with van der Waals surface area (Å²) < 4.78 is 5.59. The molecule has 138 valence electrons. The van der Waals surface area contributed by atoms with Gasteiger partial charge in [-0.2, -0.15) is 0 Å². The standard InChI is InChI=1S/C22H44O/c1-4-6-7-8-9-10-11-12-13-14-15-16-17-18-19-20-21-23-22(3)5-2/h5,22H,2,4,6-21H2,1,3H3. The van der Waals surface area contributed by atoms with Crippen molar-refractivity contribution in [1.82, 2.24) is 0 Å². The molecule has 0 aliphatic rings. The molecule has 1 heteroatoms. The topological polar surface area (TPSA) is 9.23 Å². The number of ether oxygens (including phenoxy) is 1. The third kappa shape index (κ3) is 19.7. The predicted octanol–water partition coefficient (Wildman–Crippen LogP) is 7.84. The summed E-state index contributed by atoms with van der Waals surface area (Å²) in [5.41, 5.74) is 0. The molecule has 0 aliphatic carbocycles. The van der Waals surface area contributed by atoms with Gasteiger partial charge < -0.3 is 4.74 Å². The summed E-state index contributed by atoms with van der Waals surface area (Å²) in [5.74, 6) is 0. The van der Waals surface area contributed by atoms with Crippen LogP contribution in [0.4, 0.5) is 0 Å². The Balaban J connectivity index is 2.99. The van der Waals surface area contributed by atoms with Gasteiger partial charge >= 0.3 is 0 Å². The molecule has 1 nitrogen and oxygen atoms in total. The SMILES string of the molecule is C=CC(C)OCCCCCCCCCCCCCCCCCC. The lowest BCUT2D eigenvalue weighted by atomic mass is 10.0. The van der Waals surface area contributed by atoms with E-state index in [4.69, 9.17) is 4.74 Å². The summed E-state index contributed by atoms with van der Waals surface area (Å²) >= 11 is 0. The van der Waals surface area contributed by atoms with Crippen LogP contribution < -0.4 is 0 Å². The van der Waals surface area contributed by atoms with Gasteiger partial charge in [-0.1, -0.05) is 109 Å². The Morgan fingerprint density at radius 3 is 1.35 bits per heavy atom. The number of hydrogen-bond donors (Lipinski definition) is 0. The molecule has 0 rings (SSSR count). The normalized spacial score (nSPS) is 12.4. The second-order valence-electron chi connectivity index (χ2n) is 7.11. The maximum Gasteiger partial charge on any atom is 0.0725 e. The van der Waals surface area contributed by atoms with Crippen LogP contribution in [0.15, 0.2) is 12.7 Å². The molecule has 0 radical (unpaired) electrons. The fourth-order valence-electron chi connectivity index (χ4n) is 2.99. The van der Waals surface area contributed by atoms with Crippen LogP contribution in [0.25, 0.3) is 0 Å². The zero-order valence-electron chi connectivity index (χ0n) is 16.3. The Hall–Kier alpha value is -0.300. The van der Waals surface area contributed by atoms with Crippen LogP contribution in [0.3, 0.4) is 0 Å².